The van der Waals surface area contributed by atoms with Crippen molar-refractivity contribution < 1.29 is 5.11 Å². The molecule has 0 amide bonds. The maximum absolute atomic E-state index is 10.2. The monoisotopic (exact) mass is 234 g/mol. The molecule has 2 atom stereocenters. The second-order valence-electron chi connectivity index (χ2n) is 5.31. The average molecular weight is 234 g/mol. The first-order valence-corrected chi connectivity index (χ1v) is 6.78. The standard InChI is InChI=1S/C16H26O/c1-5-6-7-13(3)16(17)11-15-9-8-12(2)14(4)10-15/h8-10,13,16-17H,5-7,11H2,1-4H3. The Hall–Kier alpha value is -0.820. The van der Waals surface area contributed by atoms with Gasteiger partial charge >= 0.3 is 0 Å². The van der Waals surface area contributed by atoms with E-state index in [1.807, 2.05) is 0 Å². The Morgan fingerprint density at radius 1 is 1.18 bits per heavy atom. The zero-order chi connectivity index (χ0) is 12.8. The minimum absolute atomic E-state index is 0.205. The molecule has 0 aliphatic rings. The molecule has 0 aliphatic carbocycles. The lowest BCUT2D eigenvalue weighted by molar-refractivity contribution is 0.111. The summed E-state index contributed by atoms with van der Waals surface area (Å²) in [5.41, 5.74) is 3.89. The van der Waals surface area contributed by atoms with E-state index in [1.54, 1.807) is 0 Å². The molecular weight excluding hydrogens is 208 g/mol. The van der Waals surface area contributed by atoms with E-state index in [-0.39, 0.29) is 6.10 Å². The van der Waals surface area contributed by atoms with Crippen molar-refractivity contribution in [1.29, 1.82) is 0 Å². The first-order chi connectivity index (χ1) is 8.04. The van der Waals surface area contributed by atoms with E-state index in [2.05, 4.69) is 45.9 Å². The Labute approximate surface area is 106 Å². The van der Waals surface area contributed by atoms with Crippen LogP contribution in [0.25, 0.3) is 0 Å². The molecule has 1 N–H and O–H groups in total. The van der Waals surface area contributed by atoms with Gasteiger partial charge in [0.15, 0.2) is 0 Å². The number of aliphatic hydroxyl groups is 1. The van der Waals surface area contributed by atoms with Gasteiger partial charge in [-0.05, 0) is 49.3 Å². The van der Waals surface area contributed by atoms with Crippen LogP contribution in [0, 0.1) is 19.8 Å². The molecule has 1 nitrogen and oxygen atoms in total. The first kappa shape index (κ1) is 14.2. The van der Waals surface area contributed by atoms with Crippen molar-refractivity contribution in [3.63, 3.8) is 0 Å². The average Bonchev–Trinajstić information content (AvgIpc) is 2.30. The molecule has 1 heteroatoms. The summed E-state index contributed by atoms with van der Waals surface area (Å²) < 4.78 is 0. The molecule has 0 saturated heterocycles. The summed E-state index contributed by atoms with van der Waals surface area (Å²) in [7, 11) is 0. The first-order valence-electron chi connectivity index (χ1n) is 6.78. The SMILES string of the molecule is CCCCC(C)C(O)Cc1ccc(C)c(C)c1. The number of aliphatic hydroxyl groups excluding tert-OH is 1. The van der Waals surface area contributed by atoms with Gasteiger partial charge < -0.3 is 5.11 Å². The van der Waals surface area contributed by atoms with Gasteiger partial charge in [0.1, 0.15) is 0 Å². The van der Waals surface area contributed by atoms with Gasteiger partial charge in [0, 0.05) is 0 Å². The third-order valence-electron chi connectivity index (χ3n) is 3.69. The third-order valence-corrected chi connectivity index (χ3v) is 3.69. The second-order valence-corrected chi connectivity index (χ2v) is 5.31. The number of rotatable bonds is 6. The molecule has 17 heavy (non-hydrogen) atoms. The fourth-order valence-corrected chi connectivity index (χ4v) is 2.09. The van der Waals surface area contributed by atoms with Crippen LogP contribution in [0.4, 0.5) is 0 Å². The van der Waals surface area contributed by atoms with Gasteiger partial charge in [-0.3, -0.25) is 0 Å². The van der Waals surface area contributed by atoms with Crippen LogP contribution < -0.4 is 0 Å². The predicted molar refractivity (Wildman–Crippen MR) is 74.3 cm³/mol. The summed E-state index contributed by atoms with van der Waals surface area (Å²) in [5.74, 6) is 0.400. The van der Waals surface area contributed by atoms with E-state index in [9.17, 15) is 5.11 Å². The second kappa shape index (κ2) is 6.80. The van der Waals surface area contributed by atoms with Crippen LogP contribution in [0.1, 0.15) is 49.8 Å². The molecule has 0 aromatic heterocycles. The van der Waals surface area contributed by atoms with Crippen molar-refractivity contribution in [3.8, 4) is 0 Å². The van der Waals surface area contributed by atoms with Crippen LogP contribution in [-0.2, 0) is 6.42 Å². The normalized spacial score (nSPS) is 14.6. The minimum Gasteiger partial charge on any atom is -0.393 e. The Morgan fingerprint density at radius 2 is 1.88 bits per heavy atom. The van der Waals surface area contributed by atoms with E-state index in [0.717, 1.165) is 12.8 Å². The number of unbranched alkanes of at least 4 members (excludes halogenated alkanes) is 1. The highest BCUT2D eigenvalue weighted by Gasteiger charge is 2.14. The van der Waals surface area contributed by atoms with Gasteiger partial charge in [0.05, 0.1) is 6.10 Å². The molecule has 1 aromatic carbocycles. The Balaban J connectivity index is 2.55. The summed E-state index contributed by atoms with van der Waals surface area (Å²) in [5, 5.41) is 10.2. The van der Waals surface area contributed by atoms with Gasteiger partial charge in [-0.25, -0.2) is 0 Å². The molecule has 0 radical (unpaired) electrons. The predicted octanol–water partition coefficient (Wildman–Crippen LogP) is 4.03. The Morgan fingerprint density at radius 3 is 2.47 bits per heavy atom. The molecule has 0 heterocycles. The van der Waals surface area contributed by atoms with Crippen LogP contribution in [0.15, 0.2) is 18.2 Å². The van der Waals surface area contributed by atoms with Crippen LogP contribution in [-0.4, -0.2) is 11.2 Å². The summed E-state index contributed by atoms with van der Waals surface area (Å²) >= 11 is 0. The molecule has 0 bridgehead atoms. The molecule has 1 aromatic rings. The van der Waals surface area contributed by atoms with Crippen molar-refractivity contribution in [2.45, 2.75) is 59.5 Å². The van der Waals surface area contributed by atoms with Crippen molar-refractivity contribution in [3.05, 3.63) is 34.9 Å². The van der Waals surface area contributed by atoms with Crippen molar-refractivity contribution in [2.75, 3.05) is 0 Å². The largest absolute Gasteiger partial charge is 0.393 e. The molecule has 2 unspecified atom stereocenters. The molecule has 0 fully saturated rings. The number of benzene rings is 1. The van der Waals surface area contributed by atoms with Crippen LogP contribution >= 0.6 is 0 Å². The zero-order valence-corrected chi connectivity index (χ0v) is 11.7. The molecule has 0 saturated carbocycles. The maximum Gasteiger partial charge on any atom is 0.0606 e. The summed E-state index contributed by atoms with van der Waals surface area (Å²) in [6, 6.07) is 6.48. The Kier molecular flexibility index (Phi) is 5.70. The lowest BCUT2D eigenvalue weighted by atomic mass is 9.92. The number of aryl methyl sites for hydroxylation is 2. The van der Waals surface area contributed by atoms with Crippen molar-refractivity contribution in [1.82, 2.24) is 0 Å². The minimum atomic E-state index is -0.205. The smallest absolute Gasteiger partial charge is 0.0606 e. The summed E-state index contributed by atoms with van der Waals surface area (Å²) in [6.07, 6.45) is 4.13. The Bertz CT molecular complexity index is 343. The van der Waals surface area contributed by atoms with Gasteiger partial charge in [-0.1, -0.05) is 44.9 Å². The third kappa shape index (κ3) is 4.51. The lowest BCUT2D eigenvalue weighted by Crippen LogP contribution is -2.20. The molecular formula is C16H26O. The number of hydrogen-bond acceptors (Lipinski definition) is 1. The highest BCUT2D eigenvalue weighted by molar-refractivity contribution is 5.30. The zero-order valence-electron chi connectivity index (χ0n) is 11.7. The van der Waals surface area contributed by atoms with E-state index < -0.39 is 0 Å². The van der Waals surface area contributed by atoms with E-state index in [4.69, 9.17) is 0 Å². The van der Waals surface area contributed by atoms with Crippen molar-refractivity contribution in [2.24, 2.45) is 5.92 Å². The maximum atomic E-state index is 10.2. The molecule has 0 spiro atoms. The molecule has 96 valence electrons. The van der Waals surface area contributed by atoms with Gasteiger partial charge in [-0.2, -0.15) is 0 Å². The number of hydrogen-bond donors (Lipinski definition) is 1. The highest BCUT2D eigenvalue weighted by atomic mass is 16.3. The molecule has 1 rings (SSSR count). The lowest BCUT2D eigenvalue weighted by Gasteiger charge is -2.19. The van der Waals surface area contributed by atoms with Gasteiger partial charge in [-0.15, -0.1) is 0 Å². The van der Waals surface area contributed by atoms with Crippen LogP contribution in [0.5, 0.6) is 0 Å². The van der Waals surface area contributed by atoms with Crippen LogP contribution in [0.2, 0.25) is 0 Å². The van der Waals surface area contributed by atoms with Crippen LogP contribution in [0.3, 0.4) is 0 Å². The summed E-state index contributed by atoms with van der Waals surface area (Å²) in [4.78, 5) is 0. The fraction of sp³-hybridized carbons (Fsp3) is 0.625. The molecule has 0 aliphatic heterocycles. The topological polar surface area (TPSA) is 20.2 Å². The highest BCUT2D eigenvalue weighted by Crippen LogP contribution is 2.18. The quantitative estimate of drug-likeness (QED) is 0.788. The van der Waals surface area contributed by atoms with E-state index in [0.29, 0.717) is 5.92 Å². The van der Waals surface area contributed by atoms with E-state index >= 15 is 0 Å². The van der Waals surface area contributed by atoms with Gasteiger partial charge in [0.25, 0.3) is 0 Å². The van der Waals surface area contributed by atoms with E-state index in [1.165, 1.54) is 29.5 Å². The summed E-state index contributed by atoms with van der Waals surface area (Å²) in [6.45, 7) is 8.61. The fourth-order valence-electron chi connectivity index (χ4n) is 2.09. The van der Waals surface area contributed by atoms with Crippen molar-refractivity contribution >= 4 is 0 Å². The van der Waals surface area contributed by atoms with Gasteiger partial charge in [0.2, 0.25) is 0 Å².